The molecule has 1 heterocycles. The molecule has 2 aliphatic carbocycles. The molecule has 98 valence electrons. The molecule has 0 aromatic rings. The Kier molecular flexibility index (Phi) is 2.88. The number of carbonyl (C=O) groups excluding carboxylic acids is 1. The van der Waals surface area contributed by atoms with Crippen LogP contribution in [-0.2, 0) is 9.59 Å². The minimum atomic E-state index is -0.846. The van der Waals surface area contributed by atoms with Gasteiger partial charge in [-0.2, -0.15) is 0 Å². The van der Waals surface area contributed by atoms with E-state index >= 15 is 0 Å². The maximum atomic E-state index is 12.5. The third-order valence-corrected chi connectivity index (χ3v) is 4.67. The van der Waals surface area contributed by atoms with Crippen LogP contribution < -0.4 is 0 Å². The zero-order chi connectivity index (χ0) is 12.7. The molecule has 1 N–H and O–H groups in total. The molecule has 2 bridgehead atoms. The fourth-order valence-electron chi connectivity index (χ4n) is 3.73. The van der Waals surface area contributed by atoms with Gasteiger partial charge in [-0.05, 0) is 43.9 Å². The highest BCUT2D eigenvalue weighted by molar-refractivity contribution is 5.86. The Morgan fingerprint density at radius 2 is 2.00 bits per heavy atom. The van der Waals surface area contributed by atoms with Crippen LogP contribution in [0.4, 0.5) is 0 Å². The summed E-state index contributed by atoms with van der Waals surface area (Å²) in [7, 11) is 0. The Morgan fingerprint density at radius 1 is 1.17 bits per heavy atom. The van der Waals surface area contributed by atoms with Crippen molar-refractivity contribution in [1.29, 1.82) is 0 Å². The summed E-state index contributed by atoms with van der Waals surface area (Å²) >= 11 is 0. The van der Waals surface area contributed by atoms with Crippen LogP contribution in [0.15, 0.2) is 12.2 Å². The number of hydrogen-bond acceptors (Lipinski definition) is 2. The Bertz CT molecular complexity index is 404. The highest BCUT2D eigenvalue weighted by atomic mass is 16.4. The van der Waals surface area contributed by atoms with Crippen LogP contribution in [0.1, 0.15) is 32.1 Å². The van der Waals surface area contributed by atoms with Gasteiger partial charge < -0.3 is 10.0 Å². The van der Waals surface area contributed by atoms with Gasteiger partial charge in [-0.1, -0.05) is 12.2 Å². The number of carboxylic acids is 1. The molecule has 1 saturated heterocycles. The summed E-state index contributed by atoms with van der Waals surface area (Å²) in [5.74, 6) is 0.191. The van der Waals surface area contributed by atoms with Crippen LogP contribution in [0.3, 0.4) is 0 Å². The lowest BCUT2D eigenvalue weighted by molar-refractivity contribution is -0.154. The van der Waals surface area contributed by atoms with Crippen molar-refractivity contribution in [2.24, 2.45) is 17.8 Å². The molecule has 4 nitrogen and oxygen atoms in total. The lowest BCUT2D eigenvalue weighted by atomic mass is 9.90. The minimum Gasteiger partial charge on any atom is -0.480 e. The fourth-order valence-corrected chi connectivity index (χ4v) is 3.73. The van der Waals surface area contributed by atoms with Crippen molar-refractivity contribution >= 4 is 11.9 Å². The molecule has 3 rings (SSSR count). The van der Waals surface area contributed by atoms with Gasteiger partial charge >= 0.3 is 5.97 Å². The lowest BCUT2D eigenvalue weighted by Crippen LogP contribution is -2.50. The molecule has 0 aromatic carbocycles. The van der Waals surface area contributed by atoms with Crippen molar-refractivity contribution in [2.75, 3.05) is 6.54 Å². The smallest absolute Gasteiger partial charge is 0.326 e. The molecule has 4 atom stereocenters. The van der Waals surface area contributed by atoms with Crippen LogP contribution in [0.25, 0.3) is 0 Å². The second-order valence-electron chi connectivity index (χ2n) is 5.77. The summed E-state index contributed by atoms with van der Waals surface area (Å²) in [6.07, 6.45) is 8.82. The van der Waals surface area contributed by atoms with Gasteiger partial charge in [-0.25, -0.2) is 4.79 Å². The standard InChI is InChI=1S/C14H19NO3/c16-13(11-8-9-4-5-10(11)7-9)15-6-2-1-3-12(15)14(17)18/h4-5,9-12H,1-3,6-8H2,(H,17,18). The van der Waals surface area contributed by atoms with E-state index in [4.69, 9.17) is 0 Å². The van der Waals surface area contributed by atoms with Gasteiger partial charge in [0.15, 0.2) is 0 Å². The maximum Gasteiger partial charge on any atom is 0.326 e. The molecule has 3 aliphatic rings. The SMILES string of the molecule is O=C(O)C1CCCCN1C(=O)C1CC2C=CC1C2. The van der Waals surface area contributed by atoms with Gasteiger partial charge in [0, 0.05) is 12.5 Å². The highest BCUT2D eigenvalue weighted by Gasteiger charge is 2.44. The van der Waals surface area contributed by atoms with E-state index < -0.39 is 12.0 Å². The highest BCUT2D eigenvalue weighted by Crippen LogP contribution is 2.44. The van der Waals surface area contributed by atoms with Gasteiger partial charge in [0.05, 0.1) is 0 Å². The molecule has 1 aliphatic heterocycles. The molecule has 1 saturated carbocycles. The monoisotopic (exact) mass is 249 g/mol. The van der Waals surface area contributed by atoms with Crippen LogP contribution >= 0.6 is 0 Å². The predicted molar refractivity (Wildman–Crippen MR) is 65.8 cm³/mol. The zero-order valence-corrected chi connectivity index (χ0v) is 10.4. The number of likely N-dealkylation sites (tertiary alicyclic amines) is 1. The first-order valence-corrected chi connectivity index (χ1v) is 6.88. The third kappa shape index (κ3) is 1.84. The Morgan fingerprint density at radius 3 is 2.61 bits per heavy atom. The third-order valence-electron chi connectivity index (χ3n) is 4.67. The van der Waals surface area contributed by atoms with E-state index in [0.717, 1.165) is 25.7 Å². The van der Waals surface area contributed by atoms with E-state index in [1.807, 2.05) is 0 Å². The number of aliphatic carboxylic acids is 1. The van der Waals surface area contributed by atoms with Crippen molar-refractivity contribution in [3.05, 3.63) is 12.2 Å². The first-order chi connectivity index (χ1) is 8.66. The Labute approximate surface area is 107 Å². The van der Waals surface area contributed by atoms with Gasteiger partial charge in [0.25, 0.3) is 0 Å². The predicted octanol–water partition coefficient (Wildman–Crippen LogP) is 1.66. The number of rotatable bonds is 2. The summed E-state index contributed by atoms with van der Waals surface area (Å²) in [5, 5.41) is 9.22. The normalized spacial score (nSPS) is 38.1. The van der Waals surface area contributed by atoms with E-state index in [1.54, 1.807) is 4.90 Å². The summed E-state index contributed by atoms with van der Waals surface area (Å²) in [6, 6.07) is -0.589. The minimum absolute atomic E-state index is 0.0416. The second-order valence-corrected chi connectivity index (χ2v) is 5.77. The van der Waals surface area contributed by atoms with Crippen LogP contribution in [-0.4, -0.2) is 34.5 Å². The first kappa shape index (κ1) is 11.8. The topological polar surface area (TPSA) is 57.6 Å². The van der Waals surface area contributed by atoms with Crippen LogP contribution in [0.5, 0.6) is 0 Å². The quantitative estimate of drug-likeness (QED) is 0.757. The number of piperidine rings is 1. The number of allylic oxidation sites excluding steroid dienone is 2. The van der Waals surface area contributed by atoms with Gasteiger partial charge in [0.2, 0.25) is 5.91 Å². The molecule has 4 heteroatoms. The number of amides is 1. The number of carboxylic acid groups (broad SMARTS) is 1. The number of fused-ring (bicyclic) bond motifs is 2. The van der Waals surface area contributed by atoms with Gasteiger partial charge in [-0.3, -0.25) is 4.79 Å². The first-order valence-electron chi connectivity index (χ1n) is 6.88. The van der Waals surface area contributed by atoms with E-state index in [2.05, 4.69) is 12.2 Å². The summed E-state index contributed by atoms with van der Waals surface area (Å²) in [4.78, 5) is 25.4. The zero-order valence-electron chi connectivity index (χ0n) is 10.4. The van der Waals surface area contributed by atoms with E-state index in [0.29, 0.717) is 24.8 Å². The van der Waals surface area contributed by atoms with Crippen molar-refractivity contribution in [2.45, 2.75) is 38.1 Å². The molecule has 4 unspecified atom stereocenters. The van der Waals surface area contributed by atoms with E-state index in [-0.39, 0.29) is 11.8 Å². The molecule has 0 spiro atoms. The Hall–Kier alpha value is -1.32. The fraction of sp³-hybridized carbons (Fsp3) is 0.714. The molecule has 1 amide bonds. The summed E-state index contributed by atoms with van der Waals surface area (Å²) in [5.41, 5.74) is 0. The van der Waals surface area contributed by atoms with Crippen molar-refractivity contribution in [3.63, 3.8) is 0 Å². The number of hydrogen-bond donors (Lipinski definition) is 1. The number of nitrogens with zero attached hydrogens (tertiary/aromatic N) is 1. The van der Waals surface area contributed by atoms with E-state index in [9.17, 15) is 14.7 Å². The second kappa shape index (κ2) is 4.41. The molecule has 0 radical (unpaired) electrons. The lowest BCUT2D eigenvalue weighted by Gasteiger charge is -2.36. The molecule has 2 fully saturated rings. The Balaban J connectivity index is 1.74. The number of carbonyl (C=O) groups is 2. The summed E-state index contributed by atoms with van der Waals surface area (Å²) in [6.45, 7) is 0.618. The van der Waals surface area contributed by atoms with Crippen LogP contribution in [0.2, 0.25) is 0 Å². The molecule has 18 heavy (non-hydrogen) atoms. The molecular formula is C14H19NO3. The van der Waals surface area contributed by atoms with E-state index in [1.165, 1.54) is 0 Å². The average molecular weight is 249 g/mol. The largest absolute Gasteiger partial charge is 0.480 e. The molecular weight excluding hydrogens is 230 g/mol. The maximum absolute atomic E-state index is 12.5. The molecule has 0 aromatic heterocycles. The van der Waals surface area contributed by atoms with Crippen LogP contribution in [0, 0.1) is 17.8 Å². The summed E-state index contributed by atoms with van der Waals surface area (Å²) < 4.78 is 0. The van der Waals surface area contributed by atoms with Crippen molar-refractivity contribution < 1.29 is 14.7 Å². The van der Waals surface area contributed by atoms with Gasteiger partial charge in [0.1, 0.15) is 6.04 Å². The van der Waals surface area contributed by atoms with Gasteiger partial charge in [-0.15, -0.1) is 0 Å². The average Bonchev–Trinajstić information content (AvgIpc) is 3.00. The van der Waals surface area contributed by atoms with Crippen molar-refractivity contribution in [3.8, 4) is 0 Å². The van der Waals surface area contributed by atoms with Crippen molar-refractivity contribution in [1.82, 2.24) is 4.90 Å².